The number of likely N-dealkylation sites (tertiary alicyclic amines) is 1. The number of hydrogen-bond acceptors (Lipinski definition) is 2. The van der Waals surface area contributed by atoms with E-state index in [0.29, 0.717) is 19.4 Å². The van der Waals surface area contributed by atoms with Gasteiger partial charge >= 0.3 is 0 Å². The zero-order valence-corrected chi connectivity index (χ0v) is 8.79. The summed E-state index contributed by atoms with van der Waals surface area (Å²) in [5.74, 6) is 2.47. The van der Waals surface area contributed by atoms with E-state index in [9.17, 15) is 9.59 Å². The smallest absolute Gasteiger partial charge is 0.235 e. The van der Waals surface area contributed by atoms with Crippen molar-refractivity contribution in [3.63, 3.8) is 0 Å². The van der Waals surface area contributed by atoms with Crippen LogP contribution in [0.1, 0.15) is 38.5 Å². The van der Waals surface area contributed by atoms with Crippen molar-refractivity contribution < 1.29 is 9.59 Å². The number of amides is 2. The fourth-order valence-corrected chi connectivity index (χ4v) is 2.71. The van der Waals surface area contributed by atoms with Crippen LogP contribution in [0.4, 0.5) is 0 Å². The van der Waals surface area contributed by atoms with Gasteiger partial charge in [0.25, 0.3) is 0 Å². The summed E-state index contributed by atoms with van der Waals surface area (Å²) in [6.45, 7) is 0.399. The molecule has 0 aromatic heterocycles. The first-order chi connectivity index (χ1) is 7.19. The van der Waals surface area contributed by atoms with Gasteiger partial charge in [0.2, 0.25) is 11.8 Å². The SMILES string of the molecule is C#CCCN1C(=O)CC2(CCCC2)C1=O. The minimum absolute atomic E-state index is 0.0280. The lowest BCUT2D eigenvalue weighted by Gasteiger charge is -2.20. The summed E-state index contributed by atoms with van der Waals surface area (Å²) in [6.07, 6.45) is 9.92. The van der Waals surface area contributed by atoms with Gasteiger partial charge in [-0.3, -0.25) is 14.5 Å². The third-order valence-electron chi connectivity index (χ3n) is 3.53. The van der Waals surface area contributed by atoms with Crippen LogP contribution in [-0.2, 0) is 9.59 Å². The molecule has 1 saturated heterocycles. The summed E-state index contributed by atoms with van der Waals surface area (Å²) in [5, 5.41) is 0. The third kappa shape index (κ3) is 1.54. The Kier molecular flexibility index (Phi) is 2.52. The molecular formula is C12H15NO2. The topological polar surface area (TPSA) is 37.4 Å². The van der Waals surface area contributed by atoms with Crippen molar-refractivity contribution in [1.82, 2.24) is 4.90 Å². The van der Waals surface area contributed by atoms with Crippen LogP contribution in [-0.4, -0.2) is 23.3 Å². The number of nitrogens with zero attached hydrogens (tertiary/aromatic N) is 1. The van der Waals surface area contributed by atoms with Crippen molar-refractivity contribution in [2.45, 2.75) is 38.5 Å². The number of imide groups is 1. The van der Waals surface area contributed by atoms with Gasteiger partial charge in [0.05, 0.1) is 5.41 Å². The number of rotatable bonds is 2. The molecular weight excluding hydrogens is 190 g/mol. The molecule has 3 nitrogen and oxygen atoms in total. The molecule has 0 unspecified atom stereocenters. The highest BCUT2D eigenvalue weighted by molar-refractivity contribution is 6.06. The maximum Gasteiger partial charge on any atom is 0.235 e. The Balaban J connectivity index is 2.13. The van der Waals surface area contributed by atoms with Gasteiger partial charge in [0.1, 0.15) is 0 Å². The summed E-state index contributed by atoms with van der Waals surface area (Å²) >= 11 is 0. The van der Waals surface area contributed by atoms with Crippen LogP contribution < -0.4 is 0 Å². The predicted molar refractivity (Wildman–Crippen MR) is 55.7 cm³/mol. The Bertz CT molecular complexity index is 334. The molecule has 0 bridgehead atoms. The van der Waals surface area contributed by atoms with E-state index in [0.717, 1.165) is 25.7 Å². The first-order valence-corrected chi connectivity index (χ1v) is 5.48. The average Bonchev–Trinajstić information content (AvgIpc) is 2.75. The lowest BCUT2D eigenvalue weighted by atomic mass is 9.84. The highest BCUT2D eigenvalue weighted by Gasteiger charge is 2.52. The molecule has 80 valence electrons. The molecule has 1 saturated carbocycles. The Hall–Kier alpha value is -1.30. The summed E-state index contributed by atoms with van der Waals surface area (Å²) in [5.41, 5.74) is -0.342. The Labute approximate surface area is 89.8 Å². The molecule has 0 N–H and O–H groups in total. The van der Waals surface area contributed by atoms with E-state index >= 15 is 0 Å². The molecule has 1 aliphatic carbocycles. The molecule has 15 heavy (non-hydrogen) atoms. The van der Waals surface area contributed by atoms with Crippen LogP contribution in [0.3, 0.4) is 0 Å². The number of carbonyl (C=O) groups is 2. The summed E-state index contributed by atoms with van der Waals surface area (Å²) < 4.78 is 0. The second kappa shape index (κ2) is 3.69. The predicted octanol–water partition coefficient (Wildman–Crippen LogP) is 1.33. The zero-order chi connectivity index (χ0) is 10.9. The largest absolute Gasteiger partial charge is 0.281 e. The van der Waals surface area contributed by atoms with E-state index in [-0.39, 0.29) is 17.2 Å². The second-order valence-corrected chi connectivity index (χ2v) is 4.47. The molecule has 3 heteroatoms. The highest BCUT2D eigenvalue weighted by Crippen LogP contribution is 2.46. The second-order valence-electron chi connectivity index (χ2n) is 4.47. The Morgan fingerprint density at radius 2 is 2.00 bits per heavy atom. The van der Waals surface area contributed by atoms with E-state index in [1.54, 1.807) is 0 Å². The molecule has 0 radical (unpaired) electrons. The molecule has 2 amide bonds. The summed E-state index contributed by atoms with van der Waals surface area (Å²) in [7, 11) is 0. The first-order valence-electron chi connectivity index (χ1n) is 5.48. The normalized spacial score (nSPS) is 23.8. The van der Waals surface area contributed by atoms with Crippen LogP contribution in [0.2, 0.25) is 0 Å². The monoisotopic (exact) mass is 205 g/mol. The van der Waals surface area contributed by atoms with E-state index in [1.807, 2.05) is 0 Å². The number of hydrogen-bond donors (Lipinski definition) is 0. The van der Waals surface area contributed by atoms with Crippen molar-refractivity contribution in [3.8, 4) is 12.3 Å². The van der Waals surface area contributed by atoms with Crippen molar-refractivity contribution in [1.29, 1.82) is 0 Å². The van der Waals surface area contributed by atoms with Gasteiger partial charge in [-0.15, -0.1) is 12.3 Å². The average molecular weight is 205 g/mol. The van der Waals surface area contributed by atoms with Crippen LogP contribution >= 0.6 is 0 Å². The molecule has 0 aromatic rings. The molecule has 2 fully saturated rings. The van der Waals surface area contributed by atoms with Crippen molar-refractivity contribution in [2.24, 2.45) is 5.41 Å². The van der Waals surface area contributed by atoms with Crippen molar-refractivity contribution in [3.05, 3.63) is 0 Å². The number of terminal acetylenes is 1. The minimum atomic E-state index is -0.342. The molecule has 1 aliphatic heterocycles. The Morgan fingerprint density at radius 1 is 1.33 bits per heavy atom. The molecule has 0 atom stereocenters. The lowest BCUT2D eigenvalue weighted by Crippen LogP contribution is -2.34. The highest BCUT2D eigenvalue weighted by atomic mass is 16.2. The Morgan fingerprint density at radius 3 is 2.60 bits per heavy atom. The van der Waals surface area contributed by atoms with Crippen molar-refractivity contribution >= 4 is 11.8 Å². The fraction of sp³-hybridized carbons (Fsp3) is 0.667. The van der Waals surface area contributed by atoms with Crippen LogP contribution in [0.15, 0.2) is 0 Å². The first kappa shape index (κ1) is 10.2. The standard InChI is InChI=1S/C12H15NO2/c1-2-3-8-13-10(14)9-12(11(13)15)6-4-5-7-12/h1H,3-9H2. The number of carbonyl (C=O) groups excluding carboxylic acids is 2. The third-order valence-corrected chi connectivity index (χ3v) is 3.53. The maximum atomic E-state index is 12.1. The van der Waals surface area contributed by atoms with Crippen molar-refractivity contribution in [2.75, 3.05) is 6.54 Å². The summed E-state index contributed by atoms with van der Waals surface area (Å²) in [6, 6.07) is 0. The molecule has 1 spiro atoms. The van der Waals surface area contributed by atoms with Crippen LogP contribution in [0.5, 0.6) is 0 Å². The summed E-state index contributed by atoms with van der Waals surface area (Å²) in [4.78, 5) is 25.1. The van der Waals surface area contributed by atoms with Gasteiger partial charge in [0.15, 0.2) is 0 Å². The van der Waals surface area contributed by atoms with E-state index < -0.39 is 0 Å². The van der Waals surface area contributed by atoms with Gasteiger partial charge in [-0.05, 0) is 12.8 Å². The quantitative estimate of drug-likeness (QED) is 0.504. The van der Waals surface area contributed by atoms with Gasteiger partial charge in [-0.25, -0.2) is 0 Å². The zero-order valence-electron chi connectivity index (χ0n) is 8.79. The lowest BCUT2D eigenvalue weighted by molar-refractivity contribution is -0.141. The molecule has 2 rings (SSSR count). The van der Waals surface area contributed by atoms with Gasteiger partial charge in [-0.2, -0.15) is 0 Å². The fourth-order valence-electron chi connectivity index (χ4n) is 2.71. The molecule has 0 aromatic carbocycles. The molecule has 2 aliphatic rings. The van der Waals surface area contributed by atoms with Gasteiger partial charge in [0, 0.05) is 19.4 Å². The van der Waals surface area contributed by atoms with Crippen LogP contribution in [0, 0.1) is 17.8 Å². The minimum Gasteiger partial charge on any atom is -0.281 e. The van der Waals surface area contributed by atoms with Gasteiger partial charge < -0.3 is 0 Å². The van der Waals surface area contributed by atoms with E-state index in [4.69, 9.17) is 6.42 Å². The maximum absolute atomic E-state index is 12.1. The molecule has 1 heterocycles. The van der Waals surface area contributed by atoms with Crippen LogP contribution in [0.25, 0.3) is 0 Å². The van der Waals surface area contributed by atoms with E-state index in [2.05, 4.69) is 5.92 Å². The van der Waals surface area contributed by atoms with E-state index in [1.165, 1.54) is 4.90 Å². The van der Waals surface area contributed by atoms with Gasteiger partial charge in [-0.1, -0.05) is 12.8 Å².